The molecule has 0 radical (unpaired) electrons. The minimum Gasteiger partial charge on any atom is -0.361 e. The van der Waals surface area contributed by atoms with E-state index in [1.807, 2.05) is 20.8 Å². The highest BCUT2D eigenvalue weighted by Gasteiger charge is 2.19. The maximum Gasteiger partial charge on any atom is 0.191 e. The van der Waals surface area contributed by atoms with Crippen molar-refractivity contribution in [2.45, 2.75) is 58.8 Å². The average molecular weight is 343 g/mol. The Kier molecular flexibility index (Phi) is 7.75. The Bertz CT molecular complexity index is 525. The van der Waals surface area contributed by atoms with Gasteiger partial charge in [-0.25, -0.2) is 0 Å². The zero-order chi connectivity index (χ0) is 17.5. The topological polar surface area (TPSA) is 79.5 Å². The molecule has 0 saturated carbocycles. The minimum atomic E-state index is -0.870. The second-order valence-electron chi connectivity index (χ2n) is 6.25. The van der Waals surface area contributed by atoms with E-state index in [1.165, 1.54) is 0 Å². The van der Waals surface area contributed by atoms with Gasteiger partial charge in [0.15, 0.2) is 5.96 Å². The molecule has 1 rings (SSSR count). The lowest BCUT2D eigenvalue weighted by molar-refractivity contribution is 0.380. The van der Waals surface area contributed by atoms with Crippen molar-refractivity contribution in [1.29, 1.82) is 0 Å². The van der Waals surface area contributed by atoms with Crippen LogP contribution in [0.3, 0.4) is 0 Å². The molecule has 0 fully saturated rings. The molecule has 0 aromatic carbocycles. The molecule has 1 unspecified atom stereocenters. The number of hydrogen-bond donors (Lipinski definition) is 2. The molecule has 7 heteroatoms. The Hall–Kier alpha value is -1.37. The Morgan fingerprint density at radius 1 is 1.26 bits per heavy atom. The van der Waals surface area contributed by atoms with Crippen LogP contribution in [0.5, 0.6) is 0 Å². The molecule has 0 amide bonds. The van der Waals surface area contributed by atoms with Crippen LogP contribution in [0.25, 0.3) is 0 Å². The number of nitrogens with one attached hydrogen (secondary N) is 2. The van der Waals surface area contributed by atoms with Crippen LogP contribution in [0, 0.1) is 0 Å². The van der Waals surface area contributed by atoms with Gasteiger partial charge in [-0.2, -0.15) is 0 Å². The van der Waals surface area contributed by atoms with Gasteiger partial charge in [0.1, 0.15) is 5.76 Å². The third-order valence-electron chi connectivity index (χ3n) is 3.53. The van der Waals surface area contributed by atoms with Crippen molar-refractivity contribution in [3.05, 3.63) is 17.0 Å². The van der Waals surface area contributed by atoms with Crippen LogP contribution in [-0.4, -0.2) is 39.4 Å². The normalized spacial score (nSPS) is 13.9. The molecule has 0 saturated heterocycles. The zero-order valence-corrected chi connectivity index (χ0v) is 16.0. The molecule has 1 aromatic rings. The Morgan fingerprint density at radius 2 is 1.96 bits per heavy atom. The number of hydrogen-bond acceptors (Lipinski definition) is 4. The number of aliphatic imine (C=N–C) groups is 1. The number of guanidine groups is 1. The highest BCUT2D eigenvalue weighted by atomic mass is 32.2. The van der Waals surface area contributed by atoms with Gasteiger partial charge >= 0.3 is 0 Å². The Balaban J connectivity index is 2.52. The molecule has 1 heterocycles. The number of nitrogens with zero attached hydrogens (tertiary/aromatic N) is 2. The van der Waals surface area contributed by atoms with Gasteiger partial charge in [0.05, 0.1) is 5.69 Å². The average Bonchev–Trinajstić information content (AvgIpc) is 2.91. The number of rotatable bonds is 7. The molecule has 6 nitrogen and oxygen atoms in total. The molecule has 0 aliphatic rings. The number of aromatic nitrogens is 1. The van der Waals surface area contributed by atoms with Crippen LogP contribution in [0.1, 0.15) is 51.6 Å². The van der Waals surface area contributed by atoms with Crippen LogP contribution in [0.2, 0.25) is 0 Å². The van der Waals surface area contributed by atoms with Gasteiger partial charge < -0.3 is 15.2 Å². The van der Waals surface area contributed by atoms with E-state index in [4.69, 9.17) is 4.52 Å². The maximum atomic E-state index is 12.0. The van der Waals surface area contributed by atoms with Gasteiger partial charge in [-0.1, -0.05) is 19.0 Å². The van der Waals surface area contributed by atoms with E-state index in [2.05, 4.69) is 34.6 Å². The summed E-state index contributed by atoms with van der Waals surface area (Å²) in [6.07, 6.45) is 1.66. The van der Waals surface area contributed by atoms with Crippen LogP contribution in [0.4, 0.5) is 0 Å². The van der Waals surface area contributed by atoms with Gasteiger partial charge in [0.25, 0.3) is 0 Å². The zero-order valence-electron chi connectivity index (χ0n) is 15.2. The Labute approximate surface area is 142 Å². The van der Waals surface area contributed by atoms with Crippen molar-refractivity contribution < 1.29 is 8.73 Å². The molecule has 0 bridgehead atoms. The lowest BCUT2D eigenvalue weighted by Gasteiger charge is -2.18. The predicted octanol–water partition coefficient (Wildman–Crippen LogP) is 2.01. The molecule has 132 valence electrons. The van der Waals surface area contributed by atoms with Crippen molar-refractivity contribution in [2.75, 3.05) is 19.3 Å². The molecule has 0 spiro atoms. The second kappa shape index (κ2) is 9.05. The molecule has 23 heavy (non-hydrogen) atoms. The smallest absolute Gasteiger partial charge is 0.191 e. The van der Waals surface area contributed by atoms with Gasteiger partial charge in [-0.05, 0) is 27.2 Å². The standard InChI is InChI=1S/C16H30N4O2S/c1-7-13-12(14(8-2)22-20-13)11-19-15(17-6)18-9-10-23(21)16(3,4)5/h7-11H2,1-6H3,(H2,17,18,19). The lowest BCUT2D eigenvalue weighted by atomic mass is 10.1. The summed E-state index contributed by atoms with van der Waals surface area (Å²) in [5.41, 5.74) is 2.09. The summed E-state index contributed by atoms with van der Waals surface area (Å²) in [4.78, 5) is 4.20. The lowest BCUT2D eigenvalue weighted by Crippen LogP contribution is -2.40. The van der Waals surface area contributed by atoms with Crippen molar-refractivity contribution >= 4 is 16.8 Å². The summed E-state index contributed by atoms with van der Waals surface area (Å²) >= 11 is 0. The van der Waals surface area contributed by atoms with Gasteiger partial charge in [0, 0.05) is 53.4 Å². The van der Waals surface area contributed by atoms with E-state index in [0.717, 1.165) is 29.9 Å². The first-order valence-electron chi connectivity index (χ1n) is 8.12. The fraction of sp³-hybridized carbons (Fsp3) is 0.750. The summed E-state index contributed by atoms with van der Waals surface area (Å²) in [6.45, 7) is 11.3. The predicted molar refractivity (Wildman–Crippen MR) is 96.2 cm³/mol. The van der Waals surface area contributed by atoms with Crippen LogP contribution in [-0.2, 0) is 30.2 Å². The first-order valence-corrected chi connectivity index (χ1v) is 9.44. The highest BCUT2D eigenvalue weighted by Crippen LogP contribution is 2.15. The third-order valence-corrected chi connectivity index (χ3v) is 5.47. The van der Waals surface area contributed by atoms with E-state index in [1.54, 1.807) is 7.05 Å². The quantitative estimate of drug-likeness (QED) is 0.585. The highest BCUT2D eigenvalue weighted by molar-refractivity contribution is 7.86. The summed E-state index contributed by atoms with van der Waals surface area (Å²) in [5.74, 6) is 2.21. The van der Waals surface area contributed by atoms with Crippen LogP contribution < -0.4 is 10.6 Å². The van der Waals surface area contributed by atoms with Crippen molar-refractivity contribution in [1.82, 2.24) is 15.8 Å². The van der Waals surface area contributed by atoms with Crippen LogP contribution >= 0.6 is 0 Å². The van der Waals surface area contributed by atoms with E-state index < -0.39 is 10.8 Å². The number of aryl methyl sites for hydroxylation is 2. The van der Waals surface area contributed by atoms with Crippen LogP contribution in [0.15, 0.2) is 9.52 Å². The molecule has 1 atom stereocenters. The van der Waals surface area contributed by atoms with Gasteiger partial charge in [0.2, 0.25) is 0 Å². The molecular weight excluding hydrogens is 312 g/mol. The van der Waals surface area contributed by atoms with Crippen molar-refractivity contribution in [3.63, 3.8) is 0 Å². The second-order valence-corrected chi connectivity index (χ2v) is 8.58. The first-order chi connectivity index (χ1) is 10.8. The molecule has 0 aliphatic heterocycles. The van der Waals surface area contributed by atoms with Gasteiger partial charge in [-0.15, -0.1) is 0 Å². The fourth-order valence-corrected chi connectivity index (χ4v) is 3.00. The molecule has 1 aromatic heterocycles. The van der Waals surface area contributed by atoms with E-state index in [9.17, 15) is 4.21 Å². The first kappa shape index (κ1) is 19.7. The summed E-state index contributed by atoms with van der Waals surface area (Å²) in [5, 5.41) is 10.6. The molecular formula is C16H30N4O2S. The fourth-order valence-electron chi connectivity index (χ4n) is 2.10. The maximum absolute atomic E-state index is 12.0. The minimum absolute atomic E-state index is 0.187. The van der Waals surface area contributed by atoms with Gasteiger partial charge in [-0.3, -0.25) is 9.20 Å². The van der Waals surface area contributed by atoms with Crippen molar-refractivity contribution in [2.24, 2.45) is 4.99 Å². The van der Waals surface area contributed by atoms with E-state index in [0.29, 0.717) is 24.8 Å². The molecule has 0 aliphatic carbocycles. The summed E-state index contributed by atoms with van der Waals surface area (Å²) in [7, 11) is 0.858. The summed E-state index contributed by atoms with van der Waals surface area (Å²) in [6, 6.07) is 0. The largest absolute Gasteiger partial charge is 0.361 e. The van der Waals surface area contributed by atoms with E-state index in [-0.39, 0.29) is 4.75 Å². The van der Waals surface area contributed by atoms with E-state index >= 15 is 0 Å². The molecule has 2 N–H and O–H groups in total. The Morgan fingerprint density at radius 3 is 2.48 bits per heavy atom. The van der Waals surface area contributed by atoms with Crippen molar-refractivity contribution in [3.8, 4) is 0 Å². The SMILES string of the molecule is CCc1noc(CC)c1CNC(=NC)NCCS(=O)C(C)(C)C. The monoisotopic (exact) mass is 342 g/mol. The summed E-state index contributed by atoms with van der Waals surface area (Å²) < 4.78 is 17.2. The third kappa shape index (κ3) is 5.97.